The van der Waals surface area contributed by atoms with Crippen LogP contribution in [0.4, 0.5) is 4.79 Å². The fourth-order valence-electron chi connectivity index (χ4n) is 3.88. The predicted molar refractivity (Wildman–Crippen MR) is 138 cm³/mol. The zero-order valence-corrected chi connectivity index (χ0v) is 19.7. The first-order valence-electron chi connectivity index (χ1n) is 11.1. The van der Waals surface area contributed by atoms with Crippen molar-refractivity contribution in [3.8, 4) is 5.75 Å². The van der Waals surface area contributed by atoms with E-state index in [0.29, 0.717) is 16.2 Å². The molecular weight excluding hydrogens is 458 g/mol. The minimum Gasteiger partial charge on any atom is -0.423 e. The van der Waals surface area contributed by atoms with Crippen molar-refractivity contribution in [1.82, 2.24) is 4.90 Å². The summed E-state index contributed by atoms with van der Waals surface area (Å²) in [4.78, 5) is 39.5. The zero-order chi connectivity index (χ0) is 24.4. The molecule has 6 heteroatoms. The van der Waals surface area contributed by atoms with E-state index in [-0.39, 0.29) is 17.7 Å². The van der Waals surface area contributed by atoms with Crippen molar-refractivity contribution in [1.29, 1.82) is 0 Å². The van der Waals surface area contributed by atoms with Crippen LogP contribution in [-0.2, 0) is 11.3 Å². The summed E-state index contributed by atoms with van der Waals surface area (Å²) in [5, 5.41) is 1.88. The molecule has 0 aliphatic carbocycles. The Balaban J connectivity index is 1.27. The number of fused-ring (bicyclic) bond motifs is 1. The molecule has 0 N–H and O–H groups in total. The summed E-state index contributed by atoms with van der Waals surface area (Å²) in [7, 11) is 0. The standard InChI is InChI=1S/C29H21NO4S/c1-19-5-4-8-24(15-19)28(32)34-25-13-10-20(11-14-25)17-26-27(31)30(29(33)35-26)18-21-9-12-22-6-2-3-7-23(22)16-21/h2-17H,18H2,1H3/b26-17-. The third kappa shape index (κ3) is 5.03. The third-order valence-electron chi connectivity index (χ3n) is 5.67. The second kappa shape index (κ2) is 9.60. The maximum absolute atomic E-state index is 12.9. The molecule has 1 aliphatic rings. The maximum Gasteiger partial charge on any atom is 0.343 e. The van der Waals surface area contributed by atoms with Gasteiger partial charge in [0.25, 0.3) is 11.1 Å². The van der Waals surface area contributed by atoms with Crippen molar-refractivity contribution >= 4 is 45.7 Å². The quantitative estimate of drug-likeness (QED) is 0.183. The molecule has 2 amide bonds. The Morgan fingerprint density at radius 2 is 1.66 bits per heavy atom. The number of benzene rings is 4. The first-order chi connectivity index (χ1) is 17.0. The van der Waals surface area contributed by atoms with Crippen LogP contribution in [0.3, 0.4) is 0 Å². The van der Waals surface area contributed by atoms with E-state index in [4.69, 9.17) is 4.74 Å². The van der Waals surface area contributed by atoms with Gasteiger partial charge in [-0.25, -0.2) is 4.79 Å². The lowest BCUT2D eigenvalue weighted by molar-refractivity contribution is -0.123. The molecule has 1 aliphatic heterocycles. The number of rotatable bonds is 5. The number of carbonyl (C=O) groups excluding carboxylic acids is 3. The highest BCUT2D eigenvalue weighted by Crippen LogP contribution is 2.34. The minimum absolute atomic E-state index is 0.223. The average molecular weight is 480 g/mol. The van der Waals surface area contributed by atoms with E-state index >= 15 is 0 Å². The number of aryl methyl sites for hydroxylation is 1. The molecule has 35 heavy (non-hydrogen) atoms. The van der Waals surface area contributed by atoms with Crippen molar-refractivity contribution in [2.24, 2.45) is 0 Å². The Hall–Kier alpha value is -4.16. The lowest BCUT2D eigenvalue weighted by Crippen LogP contribution is -2.27. The molecule has 0 saturated carbocycles. The van der Waals surface area contributed by atoms with Crippen LogP contribution in [0.25, 0.3) is 16.8 Å². The molecule has 0 unspecified atom stereocenters. The normalized spacial score (nSPS) is 14.7. The van der Waals surface area contributed by atoms with E-state index in [9.17, 15) is 14.4 Å². The molecule has 0 aromatic heterocycles. The SMILES string of the molecule is Cc1cccc(C(=O)Oc2ccc(/C=C3\SC(=O)N(Cc4ccc5ccccc5c4)C3=O)cc2)c1. The Labute approximate surface area is 207 Å². The molecule has 0 radical (unpaired) electrons. The first kappa shape index (κ1) is 22.6. The molecule has 0 atom stereocenters. The zero-order valence-electron chi connectivity index (χ0n) is 18.9. The van der Waals surface area contributed by atoms with E-state index in [1.165, 1.54) is 4.90 Å². The average Bonchev–Trinajstić information content (AvgIpc) is 3.12. The van der Waals surface area contributed by atoms with E-state index in [1.54, 1.807) is 42.5 Å². The van der Waals surface area contributed by atoms with E-state index in [2.05, 4.69) is 0 Å². The van der Waals surface area contributed by atoms with Gasteiger partial charge in [0.15, 0.2) is 0 Å². The summed E-state index contributed by atoms with van der Waals surface area (Å²) in [6.07, 6.45) is 1.68. The van der Waals surface area contributed by atoms with Gasteiger partial charge in [-0.05, 0) is 77.0 Å². The Morgan fingerprint density at radius 3 is 2.43 bits per heavy atom. The van der Waals surface area contributed by atoms with Gasteiger partial charge in [-0.2, -0.15) is 0 Å². The summed E-state index contributed by atoms with van der Waals surface area (Å²) in [5.41, 5.74) is 3.09. The molecule has 0 spiro atoms. The topological polar surface area (TPSA) is 63.7 Å². The summed E-state index contributed by atoms with van der Waals surface area (Å²) in [5.74, 6) is -0.350. The molecule has 5 rings (SSSR count). The lowest BCUT2D eigenvalue weighted by Gasteiger charge is -2.13. The highest BCUT2D eigenvalue weighted by atomic mass is 32.2. The Kier molecular flexibility index (Phi) is 6.21. The van der Waals surface area contributed by atoms with Gasteiger partial charge in [-0.3, -0.25) is 14.5 Å². The van der Waals surface area contributed by atoms with Crippen LogP contribution in [0.1, 0.15) is 27.0 Å². The molecule has 1 fully saturated rings. The van der Waals surface area contributed by atoms with Gasteiger partial charge in [0, 0.05) is 0 Å². The Bertz CT molecular complexity index is 1490. The van der Waals surface area contributed by atoms with E-state index < -0.39 is 5.97 Å². The van der Waals surface area contributed by atoms with Crippen molar-refractivity contribution in [3.05, 3.63) is 118 Å². The van der Waals surface area contributed by atoms with E-state index in [1.807, 2.05) is 61.5 Å². The maximum atomic E-state index is 12.9. The summed E-state index contributed by atoms with van der Waals surface area (Å²) in [6.45, 7) is 2.13. The van der Waals surface area contributed by atoms with Crippen LogP contribution < -0.4 is 4.74 Å². The summed E-state index contributed by atoms with van der Waals surface area (Å²) >= 11 is 0.926. The number of hydrogen-bond donors (Lipinski definition) is 0. The summed E-state index contributed by atoms with van der Waals surface area (Å²) < 4.78 is 5.44. The number of imide groups is 1. The van der Waals surface area contributed by atoms with Crippen molar-refractivity contribution < 1.29 is 19.1 Å². The van der Waals surface area contributed by atoms with Gasteiger partial charge in [0.05, 0.1) is 17.0 Å². The predicted octanol–water partition coefficient (Wildman–Crippen LogP) is 6.60. The largest absolute Gasteiger partial charge is 0.423 e. The third-order valence-corrected chi connectivity index (χ3v) is 6.58. The van der Waals surface area contributed by atoms with Gasteiger partial charge >= 0.3 is 5.97 Å². The fourth-order valence-corrected chi connectivity index (χ4v) is 4.72. The van der Waals surface area contributed by atoms with Crippen molar-refractivity contribution in [2.75, 3.05) is 0 Å². The fraction of sp³-hybridized carbons (Fsp3) is 0.0690. The van der Waals surface area contributed by atoms with Gasteiger partial charge in [-0.1, -0.05) is 66.2 Å². The van der Waals surface area contributed by atoms with Gasteiger partial charge in [-0.15, -0.1) is 0 Å². The number of nitrogens with zero attached hydrogens (tertiary/aromatic N) is 1. The Morgan fingerprint density at radius 1 is 0.886 bits per heavy atom. The summed E-state index contributed by atoms with van der Waals surface area (Å²) in [6, 6.07) is 27.9. The second-order valence-electron chi connectivity index (χ2n) is 8.28. The van der Waals surface area contributed by atoms with Crippen molar-refractivity contribution in [3.63, 3.8) is 0 Å². The van der Waals surface area contributed by atoms with E-state index in [0.717, 1.165) is 39.2 Å². The number of carbonyl (C=O) groups is 3. The monoisotopic (exact) mass is 479 g/mol. The van der Waals surface area contributed by atoms with Gasteiger partial charge in [0.1, 0.15) is 5.75 Å². The van der Waals surface area contributed by atoms with Crippen LogP contribution >= 0.6 is 11.8 Å². The minimum atomic E-state index is -0.434. The number of ether oxygens (including phenoxy) is 1. The first-order valence-corrected chi connectivity index (χ1v) is 11.9. The highest BCUT2D eigenvalue weighted by molar-refractivity contribution is 8.18. The molecule has 0 bridgehead atoms. The second-order valence-corrected chi connectivity index (χ2v) is 9.27. The van der Waals surface area contributed by atoms with Crippen LogP contribution in [-0.4, -0.2) is 22.0 Å². The smallest absolute Gasteiger partial charge is 0.343 e. The van der Waals surface area contributed by atoms with Gasteiger partial charge in [0.2, 0.25) is 0 Å². The lowest BCUT2D eigenvalue weighted by atomic mass is 10.1. The molecule has 5 nitrogen and oxygen atoms in total. The van der Waals surface area contributed by atoms with Crippen LogP contribution in [0, 0.1) is 6.92 Å². The van der Waals surface area contributed by atoms with Crippen LogP contribution in [0.15, 0.2) is 95.9 Å². The molecule has 4 aromatic rings. The number of hydrogen-bond acceptors (Lipinski definition) is 5. The molecular formula is C29H21NO4S. The molecule has 172 valence electrons. The molecule has 1 saturated heterocycles. The molecule has 1 heterocycles. The van der Waals surface area contributed by atoms with Crippen LogP contribution in [0.2, 0.25) is 0 Å². The number of thioether (sulfide) groups is 1. The number of amides is 2. The molecule has 4 aromatic carbocycles. The number of esters is 1. The van der Waals surface area contributed by atoms with Gasteiger partial charge < -0.3 is 4.74 Å². The van der Waals surface area contributed by atoms with Crippen molar-refractivity contribution in [2.45, 2.75) is 13.5 Å². The van der Waals surface area contributed by atoms with Crippen LogP contribution in [0.5, 0.6) is 5.75 Å². The highest BCUT2D eigenvalue weighted by Gasteiger charge is 2.35.